The quantitative estimate of drug-likeness (QED) is 0.284. The Kier molecular flexibility index (Phi) is 7.18. The number of pyridine rings is 1. The molecule has 0 unspecified atom stereocenters. The van der Waals surface area contributed by atoms with E-state index in [-0.39, 0.29) is 0 Å². The van der Waals surface area contributed by atoms with Gasteiger partial charge in [0.05, 0.1) is 35.7 Å². The number of hydrogen-bond donors (Lipinski definition) is 4. The molecule has 0 atom stereocenters. The lowest BCUT2D eigenvalue weighted by Gasteiger charge is -2.06. The summed E-state index contributed by atoms with van der Waals surface area (Å²) >= 11 is 4.15. The molecule has 2 heterocycles. The maximum Gasteiger partial charge on any atom is 0.132 e. The summed E-state index contributed by atoms with van der Waals surface area (Å²) in [5.74, 6) is 0.820. The lowest BCUT2D eigenvalue weighted by molar-refractivity contribution is 0.405. The van der Waals surface area contributed by atoms with Crippen molar-refractivity contribution in [2.75, 3.05) is 12.8 Å². The first kappa shape index (κ1) is 21.8. The summed E-state index contributed by atoms with van der Waals surface area (Å²) in [7, 11) is 1.63. The van der Waals surface area contributed by atoms with Crippen molar-refractivity contribution in [1.82, 2.24) is 15.0 Å². The molecule has 0 aliphatic rings. The minimum atomic E-state index is 0.519. The van der Waals surface area contributed by atoms with Gasteiger partial charge in [0.1, 0.15) is 5.75 Å². The van der Waals surface area contributed by atoms with Crippen molar-refractivity contribution in [3.8, 4) is 16.9 Å². The highest BCUT2D eigenvalue weighted by atomic mass is 32.1. The molecule has 0 aliphatic heterocycles. The Balaban J connectivity index is 0.000000254. The predicted molar refractivity (Wildman–Crippen MR) is 128 cm³/mol. The molecule has 8 heteroatoms. The van der Waals surface area contributed by atoms with Crippen molar-refractivity contribution in [3.63, 3.8) is 0 Å². The number of hydrogen-bond acceptors (Lipinski definition) is 8. The zero-order chi connectivity index (χ0) is 22.2. The van der Waals surface area contributed by atoms with E-state index < -0.39 is 0 Å². The van der Waals surface area contributed by atoms with Crippen molar-refractivity contribution >= 4 is 41.1 Å². The molecule has 156 valence electrons. The van der Waals surface area contributed by atoms with E-state index in [2.05, 4.69) is 27.6 Å². The third-order valence-corrected chi connectivity index (χ3v) is 4.72. The predicted octanol–water partition coefficient (Wildman–Crippen LogP) is 4.21. The Labute approximate surface area is 185 Å². The van der Waals surface area contributed by atoms with Crippen LogP contribution in [0.2, 0.25) is 0 Å². The van der Waals surface area contributed by atoms with E-state index in [9.17, 15) is 0 Å². The minimum Gasteiger partial charge on any atom is -0.496 e. The molecular weight excluding hydrogens is 408 g/mol. The maximum atomic E-state index is 7.34. The van der Waals surface area contributed by atoms with Gasteiger partial charge in [-0.15, -0.1) is 12.6 Å². The highest BCUT2D eigenvalue weighted by Gasteiger charge is 2.06. The molecule has 4 aromatic rings. The van der Waals surface area contributed by atoms with E-state index >= 15 is 0 Å². The van der Waals surface area contributed by atoms with Crippen molar-refractivity contribution in [2.24, 2.45) is 5.73 Å². The molecule has 0 spiro atoms. The lowest BCUT2D eigenvalue weighted by Crippen LogP contribution is -1.96. The Morgan fingerprint density at radius 2 is 1.84 bits per heavy atom. The van der Waals surface area contributed by atoms with Crippen LogP contribution in [-0.2, 0) is 0 Å². The van der Waals surface area contributed by atoms with Crippen LogP contribution in [-0.4, -0.2) is 28.3 Å². The largest absolute Gasteiger partial charge is 0.496 e. The van der Waals surface area contributed by atoms with Crippen LogP contribution in [0.25, 0.3) is 27.7 Å². The average Bonchev–Trinajstić information content (AvgIpc) is 2.80. The van der Waals surface area contributed by atoms with Crippen LogP contribution in [0.4, 0.5) is 5.69 Å². The van der Waals surface area contributed by atoms with E-state index in [4.69, 9.17) is 21.6 Å². The SMILES string of the molecule is COc1ccccc1S.N=C/C(=C\N)c1cnc2ccc(-c3cncc(N)c3)cc2n1. The molecule has 0 amide bonds. The number of nitrogens with two attached hydrogens (primary N) is 2. The standard InChI is InChI=1S/C16H14N6.C7H8OS/c17-5-12(6-18)16-9-21-14-2-1-10(4-15(14)22-16)11-3-13(19)8-20-7-11;1-8-6-4-2-3-5-7(6)9/h1-9,17H,18-19H2;2-5,9H,1H3/b12-6+,17-5?;. The fourth-order valence-corrected chi connectivity index (χ4v) is 3.03. The smallest absolute Gasteiger partial charge is 0.132 e. The Hall–Kier alpha value is -3.91. The first-order valence-corrected chi connectivity index (χ1v) is 9.73. The molecule has 2 aromatic heterocycles. The fourth-order valence-electron chi connectivity index (χ4n) is 2.78. The van der Waals surface area contributed by atoms with Crippen LogP contribution in [0.5, 0.6) is 5.75 Å². The van der Waals surface area contributed by atoms with Gasteiger partial charge in [-0.2, -0.15) is 0 Å². The fraction of sp³-hybridized carbons (Fsp3) is 0.0435. The average molecular weight is 431 g/mol. The van der Waals surface area contributed by atoms with Crippen molar-refractivity contribution in [3.05, 3.63) is 79.0 Å². The van der Waals surface area contributed by atoms with Crippen molar-refractivity contribution < 1.29 is 4.74 Å². The lowest BCUT2D eigenvalue weighted by atomic mass is 10.1. The van der Waals surface area contributed by atoms with E-state index in [0.29, 0.717) is 17.0 Å². The van der Waals surface area contributed by atoms with Gasteiger partial charge in [-0.3, -0.25) is 9.97 Å². The molecule has 0 fully saturated rings. The molecule has 0 aliphatic carbocycles. The van der Waals surface area contributed by atoms with Gasteiger partial charge in [0, 0.05) is 40.8 Å². The number of methoxy groups -OCH3 is 1. The molecule has 2 aromatic carbocycles. The summed E-state index contributed by atoms with van der Waals surface area (Å²) in [6.07, 6.45) is 7.45. The molecule has 4 rings (SSSR count). The molecule has 31 heavy (non-hydrogen) atoms. The van der Waals surface area contributed by atoms with Crippen LogP contribution < -0.4 is 16.2 Å². The van der Waals surface area contributed by atoms with Crippen LogP contribution in [0.15, 0.2) is 78.2 Å². The summed E-state index contributed by atoms with van der Waals surface area (Å²) in [4.78, 5) is 13.8. The maximum absolute atomic E-state index is 7.34. The number of benzene rings is 2. The molecular formula is C23H22N6OS. The van der Waals surface area contributed by atoms with E-state index in [1.54, 1.807) is 25.7 Å². The first-order valence-electron chi connectivity index (χ1n) is 9.28. The van der Waals surface area contributed by atoms with E-state index in [1.165, 1.54) is 6.20 Å². The van der Waals surface area contributed by atoms with E-state index in [1.807, 2.05) is 48.5 Å². The highest BCUT2D eigenvalue weighted by Crippen LogP contribution is 2.24. The third-order valence-electron chi connectivity index (χ3n) is 4.35. The second kappa shape index (κ2) is 10.2. The van der Waals surface area contributed by atoms with Gasteiger partial charge >= 0.3 is 0 Å². The van der Waals surface area contributed by atoms with Gasteiger partial charge in [-0.1, -0.05) is 18.2 Å². The van der Waals surface area contributed by atoms with Crippen molar-refractivity contribution in [1.29, 1.82) is 5.41 Å². The summed E-state index contributed by atoms with van der Waals surface area (Å²) in [5, 5.41) is 7.34. The number of ether oxygens (including phenoxy) is 1. The number of nitrogens with zero attached hydrogens (tertiary/aromatic N) is 3. The molecule has 0 saturated heterocycles. The molecule has 0 saturated carbocycles. The van der Waals surface area contributed by atoms with Crippen LogP contribution in [0.1, 0.15) is 5.69 Å². The van der Waals surface area contributed by atoms with Crippen LogP contribution in [0, 0.1) is 5.41 Å². The summed E-state index contributed by atoms with van der Waals surface area (Å²) in [6.45, 7) is 0. The van der Waals surface area contributed by atoms with Gasteiger partial charge in [0.25, 0.3) is 0 Å². The zero-order valence-corrected chi connectivity index (χ0v) is 17.8. The number of para-hydroxylation sites is 1. The second-order valence-electron chi connectivity index (χ2n) is 6.40. The Morgan fingerprint density at radius 3 is 2.48 bits per heavy atom. The van der Waals surface area contributed by atoms with Gasteiger partial charge in [0.2, 0.25) is 0 Å². The number of rotatable bonds is 4. The molecule has 0 bridgehead atoms. The first-order chi connectivity index (χ1) is 15.0. The van der Waals surface area contributed by atoms with Crippen molar-refractivity contribution in [2.45, 2.75) is 4.90 Å². The summed E-state index contributed by atoms with van der Waals surface area (Å²) in [5.41, 5.74) is 16.3. The monoisotopic (exact) mass is 430 g/mol. The number of nitrogens with one attached hydrogen (secondary N) is 1. The molecule has 0 radical (unpaired) electrons. The number of aromatic nitrogens is 3. The Bertz CT molecular complexity index is 1240. The minimum absolute atomic E-state index is 0.519. The number of nitrogen functional groups attached to an aromatic ring is 1. The molecule has 7 nitrogen and oxygen atoms in total. The van der Waals surface area contributed by atoms with Gasteiger partial charge in [-0.25, -0.2) is 4.98 Å². The normalized spacial score (nSPS) is 10.8. The van der Waals surface area contributed by atoms with Gasteiger partial charge in [-0.05, 0) is 35.9 Å². The van der Waals surface area contributed by atoms with E-state index in [0.717, 1.165) is 39.0 Å². The van der Waals surface area contributed by atoms with Gasteiger partial charge < -0.3 is 21.6 Å². The third kappa shape index (κ3) is 5.37. The van der Waals surface area contributed by atoms with Crippen LogP contribution >= 0.6 is 12.6 Å². The highest BCUT2D eigenvalue weighted by molar-refractivity contribution is 7.80. The summed E-state index contributed by atoms with van der Waals surface area (Å²) in [6, 6.07) is 15.2. The van der Waals surface area contributed by atoms with Crippen LogP contribution in [0.3, 0.4) is 0 Å². The number of thiol groups is 1. The second-order valence-corrected chi connectivity index (χ2v) is 6.89. The summed E-state index contributed by atoms with van der Waals surface area (Å²) < 4.78 is 4.97. The number of allylic oxidation sites excluding steroid dienone is 1. The number of fused-ring (bicyclic) bond motifs is 1. The van der Waals surface area contributed by atoms with Gasteiger partial charge in [0.15, 0.2) is 0 Å². The Morgan fingerprint density at radius 1 is 1.03 bits per heavy atom. The molecule has 5 N–H and O–H groups in total. The zero-order valence-electron chi connectivity index (χ0n) is 16.9. The topological polar surface area (TPSA) is 124 Å². The number of anilines is 1.